The minimum atomic E-state index is -0.811. The van der Waals surface area contributed by atoms with Gasteiger partial charge in [-0.3, -0.25) is 4.79 Å². The Labute approximate surface area is 119 Å². The molecule has 1 unspecified atom stereocenters. The normalized spacial score (nSPS) is 14.1. The molecule has 0 saturated carbocycles. The van der Waals surface area contributed by atoms with Crippen molar-refractivity contribution in [2.45, 2.75) is 90.0 Å². The molecule has 0 amide bonds. The van der Waals surface area contributed by atoms with Gasteiger partial charge in [0.1, 0.15) is 5.54 Å². The van der Waals surface area contributed by atoms with Crippen molar-refractivity contribution >= 4 is 5.97 Å². The Morgan fingerprint density at radius 3 is 1.79 bits per heavy atom. The summed E-state index contributed by atoms with van der Waals surface area (Å²) in [4.78, 5) is 11.4. The fourth-order valence-corrected chi connectivity index (χ4v) is 2.31. The van der Waals surface area contributed by atoms with Crippen molar-refractivity contribution in [1.82, 2.24) is 0 Å². The topological polar surface area (TPSA) is 52.3 Å². The van der Waals surface area contributed by atoms with Crippen molar-refractivity contribution < 1.29 is 9.53 Å². The molecule has 0 aromatic heterocycles. The zero-order valence-corrected chi connectivity index (χ0v) is 13.2. The summed E-state index contributed by atoms with van der Waals surface area (Å²) >= 11 is 0. The van der Waals surface area contributed by atoms with Gasteiger partial charge in [-0.2, -0.15) is 0 Å². The van der Waals surface area contributed by atoms with Crippen LogP contribution in [0, 0.1) is 0 Å². The summed E-state index contributed by atoms with van der Waals surface area (Å²) in [5, 5.41) is 0. The summed E-state index contributed by atoms with van der Waals surface area (Å²) in [7, 11) is 1.39. The molecule has 0 aliphatic heterocycles. The molecule has 0 radical (unpaired) electrons. The molecule has 0 aliphatic rings. The highest BCUT2D eigenvalue weighted by Gasteiger charge is 2.28. The standard InChI is InChI=1S/C16H33NO2/c1-4-5-6-7-8-9-10-11-12-13-14-16(2,17)15(18)19-3/h4-14,17H2,1-3H3. The van der Waals surface area contributed by atoms with Gasteiger partial charge in [0.2, 0.25) is 0 Å². The number of methoxy groups -OCH3 is 1. The average molecular weight is 271 g/mol. The van der Waals surface area contributed by atoms with Gasteiger partial charge in [-0.1, -0.05) is 71.1 Å². The number of nitrogens with two attached hydrogens (primary N) is 1. The maximum Gasteiger partial charge on any atom is 0.325 e. The van der Waals surface area contributed by atoms with E-state index in [2.05, 4.69) is 6.92 Å². The van der Waals surface area contributed by atoms with Crippen LogP contribution < -0.4 is 5.73 Å². The molecule has 0 saturated heterocycles. The monoisotopic (exact) mass is 271 g/mol. The highest BCUT2D eigenvalue weighted by atomic mass is 16.5. The van der Waals surface area contributed by atoms with E-state index in [1.807, 2.05) is 0 Å². The zero-order chi connectivity index (χ0) is 14.6. The zero-order valence-electron chi connectivity index (χ0n) is 13.2. The lowest BCUT2D eigenvalue weighted by Gasteiger charge is -2.20. The van der Waals surface area contributed by atoms with Crippen molar-refractivity contribution in [1.29, 1.82) is 0 Å². The molecule has 0 heterocycles. The first-order valence-corrected chi connectivity index (χ1v) is 7.92. The van der Waals surface area contributed by atoms with E-state index in [-0.39, 0.29) is 5.97 Å². The van der Waals surface area contributed by atoms with Crippen LogP contribution in [0.2, 0.25) is 0 Å². The van der Waals surface area contributed by atoms with E-state index in [1.54, 1.807) is 6.92 Å². The average Bonchev–Trinajstić information content (AvgIpc) is 2.39. The third-order valence-electron chi connectivity index (χ3n) is 3.70. The van der Waals surface area contributed by atoms with E-state index in [0.29, 0.717) is 0 Å². The Kier molecular flexibility index (Phi) is 10.9. The van der Waals surface area contributed by atoms with Gasteiger partial charge in [0, 0.05) is 0 Å². The van der Waals surface area contributed by atoms with Crippen molar-refractivity contribution in [2.24, 2.45) is 5.73 Å². The van der Waals surface area contributed by atoms with Gasteiger partial charge in [-0.25, -0.2) is 0 Å². The highest BCUT2D eigenvalue weighted by molar-refractivity contribution is 5.79. The maximum absolute atomic E-state index is 11.4. The van der Waals surface area contributed by atoms with Gasteiger partial charge in [-0.05, 0) is 13.3 Å². The lowest BCUT2D eigenvalue weighted by molar-refractivity contribution is -0.146. The van der Waals surface area contributed by atoms with Crippen molar-refractivity contribution in [3.63, 3.8) is 0 Å². The minimum Gasteiger partial charge on any atom is -0.468 e. The largest absolute Gasteiger partial charge is 0.468 e. The second-order valence-electron chi connectivity index (χ2n) is 5.84. The Morgan fingerprint density at radius 2 is 1.37 bits per heavy atom. The van der Waals surface area contributed by atoms with Gasteiger partial charge < -0.3 is 10.5 Å². The number of carbonyl (C=O) groups excluding carboxylic acids is 1. The molecule has 19 heavy (non-hydrogen) atoms. The molecule has 0 rings (SSSR count). The Hall–Kier alpha value is -0.570. The molecule has 2 N–H and O–H groups in total. The number of hydrogen-bond donors (Lipinski definition) is 1. The van der Waals surface area contributed by atoms with Crippen LogP contribution in [0.25, 0.3) is 0 Å². The van der Waals surface area contributed by atoms with Gasteiger partial charge in [0.05, 0.1) is 7.11 Å². The fraction of sp³-hybridized carbons (Fsp3) is 0.938. The van der Waals surface area contributed by atoms with Crippen LogP contribution in [-0.4, -0.2) is 18.6 Å². The minimum absolute atomic E-state index is 0.302. The number of hydrogen-bond acceptors (Lipinski definition) is 3. The second kappa shape index (κ2) is 11.3. The van der Waals surface area contributed by atoms with Crippen LogP contribution in [0.3, 0.4) is 0 Å². The summed E-state index contributed by atoms with van der Waals surface area (Å²) in [6.45, 7) is 4.01. The van der Waals surface area contributed by atoms with E-state index >= 15 is 0 Å². The third kappa shape index (κ3) is 9.94. The molecular formula is C16H33NO2. The van der Waals surface area contributed by atoms with E-state index in [1.165, 1.54) is 64.9 Å². The van der Waals surface area contributed by atoms with Gasteiger partial charge in [0.25, 0.3) is 0 Å². The quantitative estimate of drug-likeness (QED) is 0.428. The Bertz CT molecular complexity index is 227. The maximum atomic E-state index is 11.4. The second-order valence-corrected chi connectivity index (χ2v) is 5.84. The van der Waals surface area contributed by atoms with Crippen LogP contribution in [0.4, 0.5) is 0 Å². The number of rotatable bonds is 12. The molecule has 0 bridgehead atoms. The molecule has 114 valence electrons. The van der Waals surface area contributed by atoms with Crippen LogP contribution >= 0.6 is 0 Å². The summed E-state index contributed by atoms with van der Waals surface area (Å²) in [6, 6.07) is 0. The van der Waals surface area contributed by atoms with Crippen molar-refractivity contribution in [3.8, 4) is 0 Å². The van der Waals surface area contributed by atoms with E-state index in [9.17, 15) is 4.79 Å². The first kappa shape index (κ1) is 18.4. The van der Waals surface area contributed by atoms with Crippen molar-refractivity contribution in [2.75, 3.05) is 7.11 Å². The third-order valence-corrected chi connectivity index (χ3v) is 3.70. The summed E-state index contributed by atoms with van der Waals surface area (Å²) in [5.74, 6) is -0.302. The van der Waals surface area contributed by atoms with Crippen LogP contribution in [0.1, 0.15) is 84.5 Å². The van der Waals surface area contributed by atoms with Crippen LogP contribution in [0.5, 0.6) is 0 Å². The SMILES string of the molecule is CCCCCCCCCCCCC(C)(N)C(=O)OC. The summed E-state index contributed by atoms with van der Waals surface area (Å²) in [6.07, 6.45) is 13.7. The first-order chi connectivity index (χ1) is 9.04. The molecule has 3 heteroatoms. The number of carbonyl (C=O) groups is 1. The Balaban J connectivity index is 3.33. The van der Waals surface area contributed by atoms with Gasteiger partial charge >= 0.3 is 5.97 Å². The van der Waals surface area contributed by atoms with Crippen LogP contribution in [0.15, 0.2) is 0 Å². The Morgan fingerprint density at radius 1 is 0.947 bits per heavy atom. The van der Waals surface area contributed by atoms with Crippen LogP contribution in [-0.2, 0) is 9.53 Å². The number of unbranched alkanes of at least 4 members (excludes halogenated alkanes) is 9. The predicted molar refractivity (Wildman–Crippen MR) is 81.1 cm³/mol. The lowest BCUT2D eigenvalue weighted by Crippen LogP contribution is -2.45. The molecule has 3 nitrogen and oxygen atoms in total. The highest BCUT2D eigenvalue weighted by Crippen LogP contribution is 2.16. The molecule has 0 aromatic rings. The molecule has 0 fully saturated rings. The summed E-state index contributed by atoms with van der Waals surface area (Å²) in [5.41, 5.74) is 5.09. The van der Waals surface area contributed by atoms with E-state index in [0.717, 1.165) is 12.8 Å². The number of ether oxygens (including phenoxy) is 1. The van der Waals surface area contributed by atoms with Gasteiger partial charge in [0.15, 0.2) is 0 Å². The van der Waals surface area contributed by atoms with E-state index < -0.39 is 5.54 Å². The number of esters is 1. The van der Waals surface area contributed by atoms with E-state index in [4.69, 9.17) is 10.5 Å². The first-order valence-electron chi connectivity index (χ1n) is 7.92. The molecule has 1 atom stereocenters. The molecule has 0 spiro atoms. The molecule has 0 aromatic carbocycles. The summed E-state index contributed by atoms with van der Waals surface area (Å²) < 4.78 is 4.69. The fourth-order valence-electron chi connectivity index (χ4n) is 2.31. The predicted octanol–water partition coefficient (Wildman–Crippen LogP) is 4.19. The van der Waals surface area contributed by atoms with Gasteiger partial charge in [-0.15, -0.1) is 0 Å². The smallest absolute Gasteiger partial charge is 0.325 e. The van der Waals surface area contributed by atoms with Crippen molar-refractivity contribution in [3.05, 3.63) is 0 Å². The molecular weight excluding hydrogens is 238 g/mol. The lowest BCUT2D eigenvalue weighted by atomic mass is 9.95. The molecule has 0 aliphatic carbocycles.